The van der Waals surface area contributed by atoms with E-state index >= 15 is 0 Å². The molecule has 2 aromatic carbocycles. The molecular weight excluding hydrogens is 678 g/mol. The largest absolute Gasteiger partial charge is 0.357 e. The molecule has 0 atom stereocenters. The van der Waals surface area contributed by atoms with E-state index in [-0.39, 0.29) is 21.5 Å². The highest BCUT2D eigenvalue weighted by molar-refractivity contribution is 8.77. The zero-order valence-corrected chi connectivity index (χ0v) is 33.7. The number of nitrogens with zero attached hydrogens (tertiary/aromatic N) is 2. The van der Waals surface area contributed by atoms with Crippen molar-refractivity contribution in [3.8, 4) is 11.8 Å². The van der Waals surface area contributed by atoms with Crippen LogP contribution in [0.15, 0.2) is 76.4 Å². The number of nitrogens with one attached hydrogen (secondary N) is 1. The van der Waals surface area contributed by atoms with Crippen LogP contribution in [0.4, 0.5) is 11.4 Å². The van der Waals surface area contributed by atoms with Crippen LogP contribution in [-0.2, 0) is 20.4 Å². The lowest BCUT2D eigenvalue weighted by atomic mass is 9.81. The standard InChI is InChI=1S/C42H54ClN3O2S2/c1-10-11-25-48-29-49-50-40(4,5)28-44-39(47)15-13-12-14-24-46-36-21-17-31(3)27-34(36)42(8,9)38(46)23-19-32(43)18-22-37-41(6,7)33-26-30(2)16-20-35(33)45-37/h16-23,26-27H,12-15,24-25,28-29H2,1-9H3,(H,44,47)/b22-18+,32-19-,38-23+. The van der Waals surface area contributed by atoms with Crippen molar-refractivity contribution < 1.29 is 9.53 Å². The molecule has 2 heterocycles. The molecule has 4 rings (SSSR count). The molecule has 2 aliphatic rings. The van der Waals surface area contributed by atoms with Crippen LogP contribution < -0.4 is 10.2 Å². The number of allylic oxidation sites excluding steroid dienone is 6. The van der Waals surface area contributed by atoms with Crippen LogP contribution in [0, 0.1) is 25.7 Å². The maximum Gasteiger partial charge on any atom is 0.220 e. The summed E-state index contributed by atoms with van der Waals surface area (Å²) in [7, 11) is 3.38. The zero-order chi connectivity index (χ0) is 36.5. The second-order valence-electron chi connectivity index (χ2n) is 14.8. The lowest BCUT2D eigenvalue weighted by molar-refractivity contribution is -0.121. The number of aliphatic imine (C=N–C) groups is 1. The molecule has 2 aliphatic heterocycles. The summed E-state index contributed by atoms with van der Waals surface area (Å²) in [5, 5.41) is 3.79. The van der Waals surface area contributed by atoms with Gasteiger partial charge in [0.1, 0.15) is 12.5 Å². The number of halogens is 1. The van der Waals surface area contributed by atoms with Crippen molar-refractivity contribution in [3.05, 3.63) is 93.7 Å². The summed E-state index contributed by atoms with van der Waals surface area (Å²) >= 11 is 6.83. The maximum absolute atomic E-state index is 12.7. The molecule has 0 saturated heterocycles. The minimum Gasteiger partial charge on any atom is -0.357 e. The Labute approximate surface area is 314 Å². The van der Waals surface area contributed by atoms with Crippen LogP contribution in [0.5, 0.6) is 0 Å². The van der Waals surface area contributed by atoms with Gasteiger partial charge >= 0.3 is 0 Å². The summed E-state index contributed by atoms with van der Waals surface area (Å²) in [5.41, 5.74) is 9.26. The Kier molecular flexibility index (Phi) is 14.0. The molecule has 1 N–H and O–H groups in total. The lowest BCUT2D eigenvalue weighted by Gasteiger charge is -2.27. The van der Waals surface area contributed by atoms with E-state index in [4.69, 9.17) is 21.3 Å². The summed E-state index contributed by atoms with van der Waals surface area (Å²) < 4.78 is 5.39. The number of aryl methyl sites for hydroxylation is 2. The van der Waals surface area contributed by atoms with Gasteiger partial charge in [0.05, 0.1) is 11.4 Å². The molecule has 0 aliphatic carbocycles. The molecule has 0 unspecified atom stereocenters. The first-order valence-corrected chi connectivity index (χ1v) is 20.2. The number of hydrogen-bond acceptors (Lipinski definition) is 6. The van der Waals surface area contributed by atoms with E-state index in [9.17, 15) is 4.79 Å². The molecule has 0 bridgehead atoms. The molecule has 50 heavy (non-hydrogen) atoms. The lowest BCUT2D eigenvalue weighted by Crippen LogP contribution is -2.35. The Hall–Kier alpha value is -2.89. The Morgan fingerprint density at radius 3 is 2.50 bits per heavy atom. The SMILES string of the molecule is CC#CCOCSSC(C)(C)CNC(=O)CCCCCN1/C(=C/C=C(Cl)/C=C/C2=Nc3ccc(C)cc3C2(C)C)C(C)(C)c2cc(C)ccc21. The third kappa shape index (κ3) is 10.3. The van der Waals surface area contributed by atoms with Crippen LogP contribution >= 0.6 is 33.2 Å². The molecule has 0 radical (unpaired) electrons. The van der Waals surface area contributed by atoms with Crippen molar-refractivity contribution in [2.45, 2.75) is 104 Å². The van der Waals surface area contributed by atoms with Gasteiger partial charge in [0.2, 0.25) is 5.91 Å². The molecule has 0 aromatic heterocycles. The summed E-state index contributed by atoms with van der Waals surface area (Å²) in [6, 6.07) is 13.2. The highest BCUT2D eigenvalue weighted by atomic mass is 35.5. The van der Waals surface area contributed by atoms with Gasteiger partial charge in [-0.3, -0.25) is 9.79 Å². The predicted molar refractivity (Wildman–Crippen MR) is 219 cm³/mol. The Morgan fingerprint density at radius 2 is 1.76 bits per heavy atom. The van der Waals surface area contributed by atoms with Crippen LogP contribution in [0.3, 0.4) is 0 Å². The number of carbonyl (C=O) groups is 1. The molecule has 0 spiro atoms. The molecular formula is C42H54ClN3O2S2. The summed E-state index contributed by atoms with van der Waals surface area (Å²) in [6.45, 7) is 21.3. The van der Waals surface area contributed by atoms with Crippen molar-refractivity contribution >= 4 is 56.2 Å². The van der Waals surface area contributed by atoms with Crippen molar-refractivity contribution in [1.29, 1.82) is 0 Å². The topological polar surface area (TPSA) is 53.9 Å². The van der Waals surface area contributed by atoms with Crippen LogP contribution in [0.2, 0.25) is 0 Å². The molecule has 268 valence electrons. The maximum atomic E-state index is 12.7. The number of hydrogen-bond donors (Lipinski definition) is 1. The molecule has 0 fully saturated rings. The molecule has 5 nitrogen and oxygen atoms in total. The molecule has 1 amide bonds. The second kappa shape index (κ2) is 17.6. The second-order valence-corrected chi connectivity index (χ2v) is 18.2. The van der Waals surface area contributed by atoms with E-state index in [1.54, 1.807) is 21.6 Å². The number of unbranched alkanes of at least 4 members (excludes halogenated alkanes) is 2. The van der Waals surface area contributed by atoms with Gasteiger partial charge in [-0.25, -0.2) is 0 Å². The number of amides is 1. The van der Waals surface area contributed by atoms with E-state index < -0.39 is 0 Å². The fourth-order valence-electron chi connectivity index (χ4n) is 6.35. The Balaban J connectivity index is 1.34. The van der Waals surface area contributed by atoms with Crippen LogP contribution in [-0.4, -0.2) is 42.0 Å². The molecule has 0 saturated carbocycles. The highest BCUT2D eigenvalue weighted by Gasteiger charge is 2.39. The van der Waals surface area contributed by atoms with Crippen molar-refractivity contribution in [2.75, 3.05) is 30.5 Å². The van der Waals surface area contributed by atoms with Gasteiger partial charge in [-0.05, 0) is 95.0 Å². The quantitative estimate of drug-likeness (QED) is 0.0612. The number of carbonyl (C=O) groups excluding carboxylic acids is 1. The average molecular weight is 732 g/mol. The predicted octanol–water partition coefficient (Wildman–Crippen LogP) is 10.9. The number of anilines is 1. The number of benzene rings is 2. The Bertz CT molecular complexity index is 1730. The van der Waals surface area contributed by atoms with Gasteiger partial charge in [-0.1, -0.05) is 109 Å². The first-order valence-electron chi connectivity index (χ1n) is 17.6. The van der Waals surface area contributed by atoms with Crippen LogP contribution in [0.1, 0.15) is 96.4 Å². The van der Waals surface area contributed by atoms with Crippen LogP contribution in [0.25, 0.3) is 0 Å². The third-order valence-corrected chi connectivity index (χ3v) is 12.5. The van der Waals surface area contributed by atoms with Gasteiger partial charge in [-0.2, -0.15) is 0 Å². The molecule has 2 aromatic rings. The van der Waals surface area contributed by atoms with Crippen molar-refractivity contribution in [2.24, 2.45) is 4.99 Å². The summed E-state index contributed by atoms with van der Waals surface area (Å²) in [4.78, 5) is 20.0. The van der Waals surface area contributed by atoms with E-state index in [0.717, 1.165) is 37.2 Å². The number of fused-ring (bicyclic) bond motifs is 2. The van der Waals surface area contributed by atoms with Gasteiger partial charge < -0.3 is 15.0 Å². The third-order valence-electron chi connectivity index (χ3n) is 9.32. The Morgan fingerprint density at radius 1 is 1.04 bits per heavy atom. The normalized spacial score (nSPS) is 17.1. The van der Waals surface area contributed by atoms with E-state index in [1.165, 1.54) is 33.6 Å². The zero-order valence-electron chi connectivity index (χ0n) is 31.3. The number of rotatable bonds is 16. The first kappa shape index (κ1) is 39.9. The first-order chi connectivity index (χ1) is 23.7. The summed E-state index contributed by atoms with van der Waals surface area (Å²) in [6.07, 6.45) is 11.6. The minimum absolute atomic E-state index is 0.0867. The van der Waals surface area contributed by atoms with Gasteiger partial charge in [0, 0.05) is 51.5 Å². The minimum atomic E-state index is -0.174. The van der Waals surface area contributed by atoms with Gasteiger partial charge in [-0.15, -0.1) is 5.92 Å². The molecule has 8 heteroatoms. The monoisotopic (exact) mass is 731 g/mol. The van der Waals surface area contributed by atoms with E-state index in [2.05, 4.69) is 126 Å². The average Bonchev–Trinajstić information content (AvgIpc) is 3.43. The smallest absolute Gasteiger partial charge is 0.220 e. The van der Waals surface area contributed by atoms with E-state index in [1.807, 2.05) is 19.1 Å². The fraction of sp³-hybridized carbons (Fsp3) is 0.476. The van der Waals surface area contributed by atoms with Gasteiger partial charge in [0.25, 0.3) is 0 Å². The fourth-order valence-corrected chi connectivity index (χ4v) is 8.61. The van der Waals surface area contributed by atoms with Gasteiger partial charge in [0.15, 0.2) is 0 Å². The van der Waals surface area contributed by atoms with Crippen molar-refractivity contribution in [3.63, 3.8) is 0 Å². The number of ether oxygens (including phenoxy) is 1. The summed E-state index contributed by atoms with van der Waals surface area (Å²) in [5.74, 6) is 6.42. The highest BCUT2D eigenvalue weighted by Crippen LogP contribution is 2.48. The van der Waals surface area contributed by atoms with E-state index in [0.29, 0.717) is 30.5 Å². The van der Waals surface area contributed by atoms with Crippen molar-refractivity contribution in [1.82, 2.24) is 5.32 Å².